The van der Waals surface area contributed by atoms with Gasteiger partial charge in [0.05, 0.1) is 50.6 Å². The molecule has 3 aliphatic rings. The fourth-order valence-corrected chi connectivity index (χ4v) is 15.5. The fourth-order valence-electron chi connectivity index (χ4n) is 13.5. The summed E-state index contributed by atoms with van der Waals surface area (Å²) >= 11 is 3.12. The molecule has 12 atom stereocenters. The van der Waals surface area contributed by atoms with Crippen molar-refractivity contribution in [3.63, 3.8) is 0 Å². The number of Topliss-reactive ketones (excluding diaryl/α,β-unsaturated/α-hetero) is 1. The van der Waals surface area contributed by atoms with Crippen molar-refractivity contribution in [2.45, 2.75) is 136 Å². The van der Waals surface area contributed by atoms with Crippen molar-refractivity contribution in [2.24, 2.45) is 0 Å². The topological polar surface area (TPSA) is 205 Å². The summed E-state index contributed by atoms with van der Waals surface area (Å²) in [5, 5.41) is 0. The molecule has 0 bridgehead atoms. The van der Waals surface area contributed by atoms with Gasteiger partial charge in [-0.15, -0.1) is 23.5 Å². The van der Waals surface area contributed by atoms with E-state index in [1.54, 1.807) is 72.1 Å². The number of thioether (sulfide) groups is 2. The summed E-state index contributed by atoms with van der Waals surface area (Å²) in [6, 6.07) is 89.5. The van der Waals surface area contributed by atoms with E-state index >= 15 is 0 Å². The second-order valence-corrected chi connectivity index (χ2v) is 28.9. The number of fused-ring (bicyclic) bond motifs is 3. The molecule has 18 nitrogen and oxygen atoms in total. The van der Waals surface area contributed by atoms with E-state index < -0.39 is 111 Å². The summed E-state index contributed by atoms with van der Waals surface area (Å²) in [5.41, 5.74) is 8.25. The van der Waals surface area contributed by atoms with E-state index in [1.165, 1.54) is 13.8 Å². The Morgan fingerprint density at radius 2 is 0.809 bits per heavy atom. The quantitative estimate of drug-likeness (QED) is 0.0157. The van der Waals surface area contributed by atoms with Crippen LogP contribution in [0.3, 0.4) is 0 Å². The zero-order chi connectivity index (χ0) is 75.8. The molecular formula is C90H86O18S2. The number of rotatable bonds is 35. The highest BCUT2D eigenvalue weighted by Crippen LogP contribution is 2.45. The van der Waals surface area contributed by atoms with Crippen LogP contribution in [-0.2, 0) is 91.0 Å². The Balaban J connectivity index is 0.883. The Labute approximate surface area is 648 Å². The summed E-state index contributed by atoms with van der Waals surface area (Å²) in [6.07, 6.45) is -16.2. The molecular weight excluding hydrogens is 1430 g/mol. The minimum Gasteiger partial charge on any atom is -0.457 e. The van der Waals surface area contributed by atoms with Gasteiger partial charge in [0.1, 0.15) is 61.4 Å². The van der Waals surface area contributed by atoms with Gasteiger partial charge >= 0.3 is 24.1 Å². The van der Waals surface area contributed by atoms with Crippen molar-refractivity contribution >= 4 is 53.4 Å². The highest BCUT2D eigenvalue weighted by atomic mass is 32.2. The van der Waals surface area contributed by atoms with E-state index in [9.17, 15) is 24.0 Å². The van der Waals surface area contributed by atoms with Gasteiger partial charge in [-0.1, -0.05) is 237 Å². The average Bonchev–Trinajstić information content (AvgIpc) is 1.29. The standard InChI is InChI=1S/C90H86O18S2/c1-60(91)46-51-80(93)108-84-82(97-53-63-30-12-4-13-31-63)77(57-101-90(95)100-55-75-73-44-26-24-42-71(73)72-43-25-27-45-74(72)75)107-89(86(84)105-79(66-34-16-6-17-35-66)59-110-70-40-22-9-23-41-70)99-56-76-81(96-52-62-28-10-3-11-29-62)83(102-61(2)92)85(104-78(65-32-14-5-15-33-65)58-109-69-38-20-8-21-39-69)88(106-76)98-54-64-47-49-68(50-48-64)103-87(94)67-36-18-7-19-37-67/h3-45,47-50,75-79,81-86,88-89H,46,51-59H2,1-2H3/t76-,77-,78-,79-,81-,82-,83+,84+,85-,86-,88+,89+/m1/s1. The van der Waals surface area contributed by atoms with E-state index in [0.29, 0.717) is 28.4 Å². The molecule has 0 unspecified atom stereocenters. The van der Waals surface area contributed by atoms with Gasteiger partial charge < -0.3 is 66.4 Å². The van der Waals surface area contributed by atoms with Gasteiger partial charge in [-0.3, -0.25) is 9.59 Å². The molecule has 2 aliphatic heterocycles. The second-order valence-electron chi connectivity index (χ2n) is 26.7. The van der Waals surface area contributed by atoms with Crippen molar-refractivity contribution in [2.75, 3.05) is 31.3 Å². The van der Waals surface area contributed by atoms with Gasteiger partial charge in [0.15, 0.2) is 24.8 Å². The van der Waals surface area contributed by atoms with Gasteiger partial charge in [0.2, 0.25) is 0 Å². The van der Waals surface area contributed by atoms with Crippen molar-refractivity contribution in [1.29, 1.82) is 0 Å². The van der Waals surface area contributed by atoms with Crippen LogP contribution in [0.15, 0.2) is 295 Å². The zero-order valence-electron chi connectivity index (χ0n) is 60.9. The van der Waals surface area contributed by atoms with Crippen LogP contribution in [-0.4, -0.2) is 123 Å². The first-order chi connectivity index (χ1) is 53.9. The van der Waals surface area contributed by atoms with Crippen molar-refractivity contribution < 1.29 is 85.6 Å². The van der Waals surface area contributed by atoms with Crippen LogP contribution in [0.1, 0.15) is 94.1 Å². The molecule has 0 spiro atoms. The lowest BCUT2D eigenvalue weighted by molar-refractivity contribution is -0.351. The predicted molar refractivity (Wildman–Crippen MR) is 415 cm³/mol. The Kier molecular flexibility index (Phi) is 28.1. The van der Waals surface area contributed by atoms with Gasteiger partial charge in [-0.2, -0.15) is 0 Å². The molecule has 110 heavy (non-hydrogen) atoms. The lowest BCUT2D eigenvalue weighted by Crippen LogP contribution is -2.64. The van der Waals surface area contributed by atoms with E-state index in [2.05, 4.69) is 0 Å². The molecule has 2 saturated heterocycles. The highest BCUT2D eigenvalue weighted by Gasteiger charge is 2.55. The van der Waals surface area contributed by atoms with E-state index in [-0.39, 0.29) is 51.0 Å². The van der Waals surface area contributed by atoms with E-state index in [1.807, 2.05) is 237 Å². The molecule has 566 valence electrons. The number of hydrogen-bond donors (Lipinski definition) is 0. The molecule has 2 heterocycles. The van der Waals surface area contributed by atoms with Crippen LogP contribution in [0, 0.1) is 0 Å². The number of hydrogen-bond acceptors (Lipinski definition) is 20. The largest absolute Gasteiger partial charge is 0.508 e. The number of esters is 3. The number of carbonyl (C=O) groups excluding carboxylic acids is 5. The summed E-state index contributed by atoms with van der Waals surface area (Å²) in [5.74, 6) is -1.45. The highest BCUT2D eigenvalue weighted by molar-refractivity contribution is 7.99. The fraction of sp³-hybridized carbons (Fsp3) is 0.278. The van der Waals surface area contributed by atoms with Gasteiger partial charge in [-0.05, 0) is 106 Å². The molecule has 0 radical (unpaired) electrons. The smallest absolute Gasteiger partial charge is 0.457 e. The third-order valence-electron chi connectivity index (χ3n) is 19.0. The molecule has 10 aromatic rings. The van der Waals surface area contributed by atoms with Gasteiger partial charge in [0, 0.05) is 40.6 Å². The summed E-state index contributed by atoms with van der Waals surface area (Å²) < 4.78 is 88.8. The van der Waals surface area contributed by atoms with Gasteiger partial charge in [0.25, 0.3) is 0 Å². The molecule has 0 saturated carbocycles. The lowest BCUT2D eigenvalue weighted by Gasteiger charge is -2.48. The first-order valence-corrected chi connectivity index (χ1v) is 38.7. The normalized spacial score (nSPS) is 20.6. The van der Waals surface area contributed by atoms with Crippen LogP contribution in [0.5, 0.6) is 5.75 Å². The predicted octanol–water partition coefficient (Wildman–Crippen LogP) is 17.1. The first-order valence-electron chi connectivity index (χ1n) is 36.7. The number of carbonyl (C=O) groups is 5. The molecule has 10 aromatic carbocycles. The minimum atomic E-state index is -1.56. The van der Waals surface area contributed by atoms with Crippen LogP contribution in [0.4, 0.5) is 4.79 Å². The monoisotopic (exact) mass is 1520 g/mol. The molecule has 13 rings (SSSR count). The number of ether oxygens (including phenoxy) is 13. The van der Waals surface area contributed by atoms with Crippen LogP contribution in [0.25, 0.3) is 11.1 Å². The Morgan fingerprint density at radius 1 is 0.391 bits per heavy atom. The maximum Gasteiger partial charge on any atom is 0.508 e. The Morgan fingerprint density at radius 3 is 1.31 bits per heavy atom. The molecule has 2 fully saturated rings. The second kappa shape index (κ2) is 39.5. The lowest BCUT2D eigenvalue weighted by atomic mass is 9.96. The number of benzene rings is 10. The SMILES string of the molecule is CC(=O)CCC(=O)O[C@@H]1[C@@H](O[C@H](CSc2ccccc2)c2ccccc2)[C@@H](OC[C@H]2O[C@H](OCc3ccc(OC(=O)c4ccccc4)cc3)[C@H](O[C@H](CSc3ccccc3)c3ccccc3)[C@@H](OC(C)=O)[C@@H]2OCc2ccccc2)O[C@H](COC(=O)OCC2c3ccccc3-c3ccccc32)[C@H]1OCc1ccccc1. The van der Waals surface area contributed by atoms with E-state index in [0.717, 1.165) is 54.3 Å². The Hall–Kier alpha value is -10.1. The molecule has 20 heteroatoms. The van der Waals surface area contributed by atoms with Crippen LogP contribution >= 0.6 is 23.5 Å². The molecule has 0 N–H and O–H groups in total. The maximum atomic E-state index is 14.7. The van der Waals surface area contributed by atoms with Crippen molar-refractivity contribution in [3.8, 4) is 16.9 Å². The van der Waals surface area contributed by atoms with Crippen molar-refractivity contribution in [1.82, 2.24) is 0 Å². The third-order valence-corrected chi connectivity index (χ3v) is 21.1. The molecule has 1 aliphatic carbocycles. The number of ketones is 1. The zero-order valence-corrected chi connectivity index (χ0v) is 62.5. The molecule has 0 aromatic heterocycles. The summed E-state index contributed by atoms with van der Waals surface area (Å²) in [7, 11) is 0. The molecule has 0 amide bonds. The third kappa shape index (κ3) is 21.5. The van der Waals surface area contributed by atoms with Crippen LogP contribution < -0.4 is 4.74 Å². The first kappa shape index (κ1) is 78.1. The van der Waals surface area contributed by atoms with Crippen molar-refractivity contribution in [3.05, 3.63) is 330 Å². The summed E-state index contributed by atoms with van der Waals surface area (Å²) in [4.78, 5) is 71.0. The van der Waals surface area contributed by atoms with Gasteiger partial charge in [-0.25, -0.2) is 9.59 Å². The summed E-state index contributed by atoms with van der Waals surface area (Å²) in [6.45, 7) is 1.55. The van der Waals surface area contributed by atoms with E-state index in [4.69, 9.17) is 61.6 Å². The van der Waals surface area contributed by atoms with Crippen LogP contribution in [0.2, 0.25) is 0 Å². The minimum absolute atomic E-state index is 0.00789. The maximum absolute atomic E-state index is 14.7. The Bertz CT molecular complexity index is 4510. The average molecular weight is 1520 g/mol.